The summed E-state index contributed by atoms with van der Waals surface area (Å²) >= 11 is 1.19. The van der Waals surface area contributed by atoms with Crippen LogP contribution < -0.4 is 16.8 Å². The Bertz CT molecular complexity index is 509. The zero-order valence-electron chi connectivity index (χ0n) is 12.9. The van der Waals surface area contributed by atoms with Gasteiger partial charge in [-0.15, -0.1) is 11.3 Å². The third kappa shape index (κ3) is 4.44. The summed E-state index contributed by atoms with van der Waals surface area (Å²) in [4.78, 5) is 25.7. The number of carbonyl (C=O) groups is 2. The van der Waals surface area contributed by atoms with Crippen molar-refractivity contribution < 1.29 is 9.59 Å². The number of thiophene rings is 1. The highest BCUT2D eigenvalue weighted by Gasteiger charge is 2.22. The first-order valence-corrected chi connectivity index (χ1v) is 7.93. The van der Waals surface area contributed by atoms with Crippen molar-refractivity contribution in [3.63, 3.8) is 0 Å². The molecule has 7 heteroatoms. The molecule has 1 amide bonds. The van der Waals surface area contributed by atoms with Crippen molar-refractivity contribution in [2.24, 2.45) is 5.73 Å². The average molecular weight is 312 g/mol. The second kappa shape index (κ2) is 7.99. The monoisotopic (exact) mass is 312 g/mol. The third-order valence-corrected chi connectivity index (χ3v) is 4.61. The number of hydrogen-bond donors (Lipinski definition) is 3. The Balaban J connectivity index is 2.72. The van der Waals surface area contributed by atoms with Crippen LogP contribution in [0.4, 0.5) is 10.7 Å². The Morgan fingerprint density at radius 1 is 1.29 bits per heavy atom. The van der Waals surface area contributed by atoms with Gasteiger partial charge in [-0.3, -0.25) is 9.59 Å². The highest BCUT2D eigenvalue weighted by atomic mass is 32.1. The van der Waals surface area contributed by atoms with Crippen LogP contribution in [0.15, 0.2) is 0 Å². The first-order chi connectivity index (χ1) is 9.92. The number of primary amides is 1. The number of nitrogens with zero attached hydrogens (tertiary/aromatic N) is 1. The van der Waals surface area contributed by atoms with Crippen LogP contribution in [0, 0.1) is 0 Å². The van der Waals surface area contributed by atoms with E-state index in [4.69, 9.17) is 11.5 Å². The van der Waals surface area contributed by atoms with E-state index >= 15 is 0 Å². The van der Waals surface area contributed by atoms with Crippen LogP contribution in [0.3, 0.4) is 0 Å². The fraction of sp³-hybridized carbons (Fsp3) is 0.571. The van der Waals surface area contributed by atoms with Crippen LogP contribution in [0.5, 0.6) is 0 Å². The van der Waals surface area contributed by atoms with E-state index in [2.05, 4.69) is 24.1 Å². The van der Waals surface area contributed by atoms with Crippen LogP contribution in [0.1, 0.15) is 47.2 Å². The van der Waals surface area contributed by atoms with Crippen molar-refractivity contribution in [2.45, 2.75) is 27.2 Å². The molecule has 0 saturated heterocycles. The Labute approximate surface area is 129 Å². The summed E-state index contributed by atoms with van der Waals surface area (Å²) < 4.78 is 0. The van der Waals surface area contributed by atoms with E-state index in [0.717, 1.165) is 26.1 Å². The van der Waals surface area contributed by atoms with E-state index in [-0.39, 0.29) is 17.0 Å². The van der Waals surface area contributed by atoms with Gasteiger partial charge in [0.1, 0.15) is 5.00 Å². The standard InChI is InChI=1S/C14H24N4O2S/c1-4-18(5-2)8-6-7-17-14-10(13(16)20)11(15)12(21-14)9(3)19/h17H,4-8,15H2,1-3H3,(H2,16,20). The third-order valence-electron chi connectivity index (χ3n) is 3.34. The lowest BCUT2D eigenvalue weighted by molar-refractivity contribution is 0.100. The number of Topliss-reactive ketones (excluding diaryl/α,β-unsaturated/α-hetero) is 1. The molecule has 0 aromatic carbocycles. The SMILES string of the molecule is CCN(CC)CCCNc1sc(C(C)=O)c(N)c1C(N)=O. The quantitative estimate of drug-likeness (QED) is 0.476. The minimum atomic E-state index is -0.609. The number of nitrogen functional groups attached to an aromatic ring is 1. The summed E-state index contributed by atoms with van der Waals surface area (Å²) in [6, 6.07) is 0. The van der Waals surface area contributed by atoms with Gasteiger partial charge in [0.25, 0.3) is 5.91 Å². The molecule has 0 bridgehead atoms. The van der Waals surface area contributed by atoms with E-state index < -0.39 is 5.91 Å². The minimum Gasteiger partial charge on any atom is -0.397 e. The average Bonchev–Trinajstić information content (AvgIpc) is 2.76. The summed E-state index contributed by atoms with van der Waals surface area (Å²) in [6.07, 6.45) is 0.938. The Morgan fingerprint density at radius 2 is 1.90 bits per heavy atom. The number of ketones is 1. The van der Waals surface area contributed by atoms with E-state index in [1.807, 2.05) is 0 Å². The van der Waals surface area contributed by atoms with Gasteiger partial charge in [-0.1, -0.05) is 13.8 Å². The second-order valence-corrected chi connectivity index (χ2v) is 5.80. The van der Waals surface area contributed by atoms with Gasteiger partial charge in [0, 0.05) is 13.5 Å². The van der Waals surface area contributed by atoms with E-state index in [1.54, 1.807) is 0 Å². The van der Waals surface area contributed by atoms with Crippen LogP contribution in [0.2, 0.25) is 0 Å². The highest BCUT2D eigenvalue weighted by molar-refractivity contribution is 7.19. The Hall–Kier alpha value is -1.60. The summed E-state index contributed by atoms with van der Waals surface area (Å²) in [6.45, 7) is 9.40. The molecule has 1 heterocycles. The van der Waals surface area contributed by atoms with Crippen molar-refractivity contribution in [3.05, 3.63) is 10.4 Å². The molecule has 0 spiro atoms. The zero-order chi connectivity index (χ0) is 16.0. The lowest BCUT2D eigenvalue weighted by Crippen LogP contribution is -2.25. The maximum atomic E-state index is 11.5. The molecule has 6 nitrogen and oxygen atoms in total. The Morgan fingerprint density at radius 3 is 2.38 bits per heavy atom. The first kappa shape index (κ1) is 17.5. The number of nitrogens with one attached hydrogen (secondary N) is 1. The largest absolute Gasteiger partial charge is 0.397 e. The molecule has 0 aliphatic carbocycles. The van der Waals surface area contributed by atoms with Crippen LogP contribution in [-0.4, -0.2) is 42.8 Å². The van der Waals surface area contributed by atoms with Gasteiger partial charge in [-0.2, -0.15) is 0 Å². The van der Waals surface area contributed by atoms with E-state index in [1.165, 1.54) is 18.3 Å². The number of rotatable bonds is 9. The molecule has 1 rings (SSSR count). The van der Waals surface area contributed by atoms with Crippen molar-refractivity contribution in [3.8, 4) is 0 Å². The summed E-state index contributed by atoms with van der Waals surface area (Å²) in [5, 5.41) is 3.76. The maximum Gasteiger partial charge on any atom is 0.253 e. The molecule has 0 aliphatic rings. The summed E-state index contributed by atoms with van der Waals surface area (Å²) in [5.74, 6) is -0.765. The number of amides is 1. The molecule has 0 saturated carbocycles. The minimum absolute atomic E-state index is 0.156. The molecule has 0 fully saturated rings. The van der Waals surface area contributed by atoms with Gasteiger partial charge >= 0.3 is 0 Å². The van der Waals surface area contributed by atoms with Gasteiger partial charge < -0.3 is 21.7 Å². The normalized spacial score (nSPS) is 10.9. The number of carbonyl (C=O) groups excluding carboxylic acids is 2. The zero-order valence-corrected chi connectivity index (χ0v) is 13.7. The first-order valence-electron chi connectivity index (χ1n) is 7.11. The van der Waals surface area contributed by atoms with Crippen molar-refractivity contribution in [2.75, 3.05) is 37.2 Å². The number of hydrogen-bond acceptors (Lipinski definition) is 6. The second-order valence-electron chi connectivity index (χ2n) is 4.78. The molecule has 0 unspecified atom stereocenters. The fourth-order valence-corrected chi connectivity index (χ4v) is 3.17. The van der Waals surface area contributed by atoms with Crippen LogP contribution in [-0.2, 0) is 0 Å². The molecular formula is C14H24N4O2S. The molecule has 1 aromatic rings. The van der Waals surface area contributed by atoms with Crippen LogP contribution in [0.25, 0.3) is 0 Å². The van der Waals surface area contributed by atoms with Gasteiger partial charge in [0.15, 0.2) is 5.78 Å². The van der Waals surface area contributed by atoms with Crippen molar-refractivity contribution in [1.29, 1.82) is 0 Å². The highest BCUT2D eigenvalue weighted by Crippen LogP contribution is 2.35. The lowest BCUT2D eigenvalue weighted by atomic mass is 10.2. The molecule has 21 heavy (non-hydrogen) atoms. The van der Waals surface area contributed by atoms with Crippen molar-refractivity contribution in [1.82, 2.24) is 4.90 Å². The van der Waals surface area contributed by atoms with Gasteiger partial charge in [-0.25, -0.2) is 0 Å². The Kier molecular flexibility index (Phi) is 6.64. The van der Waals surface area contributed by atoms with E-state index in [0.29, 0.717) is 16.4 Å². The van der Waals surface area contributed by atoms with Gasteiger partial charge in [0.05, 0.1) is 16.1 Å². The number of nitrogens with two attached hydrogens (primary N) is 2. The van der Waals surface area contributed by atoms with Gasteiger partial charge in [0.2, 0.25) is 0 Å². The lowest BCUT2D eigenvalue weighted by Gasteiger charge is -2.17. The maximum absolute atomic E-state index is 11.5. The molecule has 0 radical (unpaired) electrons. The molecule has 0 atom stereocenters. The van der Waals surface area contributed by atoms with Crippen molar-refractivity contribution >= 4 is 33.7 Å². The molecule has 0 aliphatic heterocycles. The molecule has 1 aromatic heterocycles. The molecule has 118 valence electrons. The summed E-state index contributed by atoms with van der Waals surface area (Å²) in [7, 11) is 0. The predicted octanol–water partition coefficient (Wildman–Crippen LogP) is 1.78. The topological polar surface area (TPSA) is 101 Å². The van der Waals surface area contributed by atoms with Crippen LogP contribution >= 0.6 is 11.3 Å². The summed E-state index contributed by atoms with van der Waals surface area (Å²) in [5.41, 5.74) is 11.6. The molecular weight excluding hydrogens is 288 g/mol. The van der Waals surface area contributed by atoms with Gasteiger partial charge in [-0.05, 0) is 26.1 Å². The fourth-order valence-electron chi connectivity index (χ4n) is 2.12. The van der Waals surface area contributed by atoms with E-state index in [9.17, 15) is 9.59 Å². The predicted molar refractivity (Wildman–Crippen MR) is 88.1 cm³/mol. The smallest absolute Gasteiger partial charge is 0.253 e. The number of anilines is 2. The molecule has 5 N–H and O–H groups in total.